The number of benzene rings is 1. The minimum absolute atomic E-state index is 0.662. The number of nitrogens with zero attached hydrogens (tertiary/aromatic N) is 3. The average Bonchev–Trinajstić information content (AvgIpc) is 2.70. The second-order valence-electron chi connectivity index (χ2n) is 3.44. The molecule has 0 atom stereocenters. The molecule has 1 heterocycles. The molecule has 2 rings (SSSR count). The summed E-state index contributed by atoms with van der Waals surface area (Å²) in [5.74, 6) is 0. The van der Waals surface area contributed by atoms with E-state index in [1.165, 1.54) is 0 Å². The number of rotatable bonds is 4. The summed E-state index contributed by atoms with van der Waals surface area (Å²) >= 11 is 9.45. The van der Waals surface area contributed by atoms with Crippen molar-refractivity contribution >= 4 is 27.5 Å². The molecule has 0 amide bonds. The van der Waals surface area contributed by atoms with E-state index in [2.05, 4.69) is 26.2 Å². The molecule has 0 aliphatic rings. The van der Waals surface area contributed by atoms with Crippen LogP contribution in [0.1, 0.15) is 11.3 Å². The maximum atomic E-state index is 6.07. The van der Waals surface area contributed by atoms with E-state index in [9.17, 15) is 0 Å². The zero-order valence-electron chi connectivity index (χ0n) is 8.61. The summed E-state index contributed by atoms with van der Waals surface area (Å²) in [6.07, 6.45) is 2.84. The van der Waals surface area contributed by atoms with Gasteiger partial charge in [0.2, 0.25) is 0 Å². The molecule has 0 bridgehead atoms. The largest absolute Gasteiger partial charge is 0.248 e. The van der Waals surface area contributed by atoms with Crippen molar-refractivity contribution < 1.29 is 0 Å². The van der Waals surface area contributed by atoms with Crippen LogP contribution in [0.5, 0.6) is 0 Å². The standard InChI is InChI=1S/C11H11BrClN3/c12-6-5-10-8-16(15-14-10)7-9-3-1-2-4-11(9)13/h1-4,8H,5-7H2. The molecular weight excluding hydrogens is 289 g/mol. The summed E-state index contributed by atoms with van der Waals surface area (Å²) in [5.41, 5.74) is 2.04. The first kappa shape index (κ1) is 11.6. The molecule has 0 unspecified atom stereocenters. The van der Waals surface area contributed by atoms with E-state index in [1.54, 1.807) is 4.68 Å². The van der Waals surface area contributed by atoms with Crippen molar-refractivity contribution in [3.63, 3.8) is 0 Å². The van der Waals surface area contributed by atoms with Crippen LogP contribution in [-0.2, 0) is 13.0 Å². The molecule has 16 heavy (non-hydrogen) atoms. The molecule has 0 aliphatic heterocycles. The molecule has 0 N–H and O–H groups in total. The van der Waals surface area contributed by atoms with Crippen molar-refractivity contribution in [3.8, 4) is 0 Å². The third-order valence-corrected chi connectivity index (χ3v) is 2.99. The third-order valence-electron chi connectivity index (χ3n) is 2.23. The van der Waals surface area contributed by atoms with Gasteiger partial charge in [0.1, 0.15) is 0 Å². The van der Waals surface area contributed by atoms with E-state index < -0.39 is 0 Å². The first-order valence-corrected chi connectivity index (χ1v) is 6.48. The number of aryl methyl sites for hydroxylation is 1. The van der Waals surface area contributed by atoms with E-state index in [0.717, 1.165) is 28.0 Å². The molecular formula is C11H11BrClN3. The highest BCUT2D eigenvalue weighted by molar-refractivity contribution is 9.09. The van der Waals surface area contributed by atoms with E-state index >= 15 is 0 Å². The second-order valence-corrected chi connectivity index (χ2v) is 4.64. The van der Waals surface area contributed by atoms with Gasteiger partial charge in [-0.15, -0.1) is 5.10 Å². The van der Waals surface area contributed by atoms with Crippen molar-refractivity contribution in [2.24, 2.45) is 0 Å². The van der Waals surface area contributed by atoms with E-state index in [1.807, 2.05) is 30.5 Å². The molecule has 0 saturated carbocycles. The maximum absolute atomic E-state index is 6.07. The van der Waals surface area contributed by atoms with Gasteiger partial charge in [-0.25, -0.2) is 4.68 Å². The van der Waals surface area contributed by atoms with Crippen molar-refractivity contribution in [1.29, 1.82) is 0 Å². The predicted octanol–water partition coefficient (Wildman–Crippen LogP) is 2.92. The number of hydrogen-bond donors (Lipinski definition) is 0. The lowest BCUT2D eigenvalue weighted by molar-refractivity contribution is 0.649. The first-order valence-electron chi connectivity index (χ1n) is 4.98. The van der Waals surface area contributed by atoms with Gasteiger partial charge < -0.3 is 0 Å². The van der Waals surface area contributed by atoms with Gasteiger partial charge in [0, 0.05) is 23.0 Å². The molecule has 84 valence electrons. The SMILES string of the molecule is Clc1ccccc1Cn1cc(CCBr)nn1. The van der Waals surface area contributed by atoms with Crippen molar-refractivity contribution in [3.05, 3.63) is 46.7 Å². The molecule has 0 spiro atoms. The Balaban J connectivity index is 2.11. The average molecular weight is 301 g/mol. The molecule has 1 aromatic heterocycles. The van der Waals surface area contributed by atoms with Crippen molar-refractivity contribution in [1.82, 2.24) is 15.0 Å². The van der Waals surface area contributed by atoms with Gasteiger partial charge in [-0.05, 0) is 11.6 Å². The first-order chi connectivity index (χ1) is 7.79. The van der Waals surface area contributed by atoms with Gasteiger partial charge in [-0.2, -0.15) is 0 Å². The summed E-state index contributed by atoms with van der Waals surface area (Å²) in [6, 6.07) is 7.77. The van der Waals surface area contributed by atoms with Crippen LogP contribution in [0.2, 0.25) is 5.02 Å². The zero-order chi connectivity index (χ0) is 11.4. The molecule has 0 aliphatic carbocycles. The quantitative estimate of drug-likeness (QED) is 0.813. The Labute approximate surface area is 108 Å². The number of hydrogen-bond acceptors (Lipinski definition) is 2. The van der Waals surface area contributed by atoms with Crippen LogP contribution in [0.4, 0.5) is 0 Å². The Morgan fingerprint density at radius 1 is 1.31 bits per heavy atom. The fourth-order valence-electron chi connectivity index (χ4n) is 1.43. The smallest absolute Gasteiger partial charge is 0.0835 e. The Morgan fingerprint density at radius 2 is 2.12 bits per heavy atom. The lowest BCUT2D eigenvalue weighted by Crippen LogP contribution is -2.00. The number of alkyl halides is 1. The minimum atomic E-state index is 0.662. The topological polar surface area (TPSA) is 30.7 Å². The monoisotopic (exact) mass is 299 g/mol. The molecule has 3 nitrogen and oxygen atoms in total. The maximum Gasteiger partial charge on any atom is 0.0835 e. The number of aromatic nitrogens is 3. The van der Waals surface area contributed by atoms with Crippen molar-refractivity contribution in [2.75, 3.05) is 5.33 Å². The highest BCUT2D eigenvalue weighted by atomic mass is 79.9. The molecule has 2 aromatic rings. The summed E-state index contributed by atoms with van der Waals surface area (Å²) in [7, 11) is 0. The Bertz CT molecular complexity index is 470. The highest BCUT2D eigenvalue weighted by Crippen LogP contribution is 2.15. The summed E-state index contributed by atoms with van der Waals surface area (Å²) in [5, 5.41) is 9.79. The second kappa shape index (κ2) is 5.46. The lowest BCUT2D eigenvalue weighted by Gasteiger charge is -2.02. The van der Waals surface area contributed by atoms with Crippen LogP contribution in [0.25, 0.3) is 0 Å². The fraction of sp³-hybridized carbons (Fsp3) is 0.273. The van der Waals surface area contributed by atoms with E-state index in [0.29, 0.717) is 6.54 Å². The van der Waals surface area contributed by atoms with E-state index in [4.69, 9.17) is 11.6 Å². The summed E-state index contributed by atoms with van der Waals surface area (Å²) in [4.78, 5) is 0. The molecule has 0 saturated heterocycles. The molecule has 0 fully saturated rings. The van der Waals surface area contributed by atoms with Crippen LogP contribution < -0.4 is 0 Å². The zero-order valence-corrected chi connectivity index (χ0v) is 10.9. The van der Waals surface area contributed by atoms with Crippen LogP contribution in [0.15, 0.2) is 30.5 Å². The van der Waals surface area contributed by atoms with Gasteiger partial charge in [-0.3, -0.25) is 0 Å². The third kappa shape index (κ3) is 2.83. The van der Waals surface area contributed by atoms with Gasteiger partial charge in [0.15, 0.2) is 0 Å². The predicted molar refractivity (Wildman–Crippen MR) is 68.1 cm³/mol. The fourth-order valence-corrected chi connectivity index (χ4v) is 2.03. The lowest BCUT2D eigenvalue weighted by atomic mass is 10.2. The summed E-state index contributed by atoms with van der Waals surface area (Å²) in [6.45, 7) is 0.662. The van der Waals surface area contributed by atoms with Gasteiger partial charge >= 0.3 is 0 Å². The van der Waals surface area contributed by atoms with Crippen LogP contribution in [0, 0.1) is 0 Å². The molecule has 0 radical (unpaired) electrons. The Kier molecular flexibility index (Phi) is 3.96. The van der Waals surface area contributed by atoms with E-state index in [-0.39, 0.29) is 0 Å². The van der Waals surface area contributed by atoms with Crippen LogP contribution >= 0.6 is 27.5 Å². The van der Waals surface area contributed by atoms with Crippen LogP contribution in [0.3, 0.4) is 0 Å². The van der Waals surface area contributed by atoms with Gasteiger partial charge in [0.05, 0.1) is 12.2 Å². The Morgan fingerprint density at radius 3 is 2.88 bits per heavy atom. The molecule has 1 aromatic carbocycles. The normalized spacial score (nSPS) is 10.6. The molecule has 5 heteroatoms. The Hall–Kier alpha value is -0.870. The highest BCUT2D eigenvalue weighted by Gasteiger charge is 2.03. The van der Waals surface area contributed by atoms with Crippen LogP contribution in [-0.4, -0.2) is 20.3 Å². The summed E-state index contributed by atoms with van der Waals surface area (Å²) < 4.78 is 1.80. The minimum Gasteiger partial charge on any atom is -0.248 e. The van der Waals surface area contributed by atoms with Gasteiger partial charge in [-0.1, -0.05) is 50.9 Å². The number of halogens is 2. The van der Waals surface area contributed by atoms with Crippen molar-refractivity contribution in [2.45, 2.75) is 13.0 Å². The van der Waals surface area contributed by atoms with Gasteiger partial charge in [0.25, 0.3) is 0 Å².